The van der Waals surface area contributed by atoms with Crippen LogP contribution in [0.1, 0.15) is 25.0 Å². The fourth-order valence-corrected chi connectivity index (χ4v) is 2.21. The molecule has 1 saturated carbocycles. The first-order chi connectivity index (χ1) is 7.90. The minimum Gasteiger partial charge on any atom is -0.367 e. The van der Waals surface area contributed by atoms with Gasteiger partial charge in [0, 0.05) is 17.8 Å². The summed E-state index contributed by atoms with van der Waals surface area (Å²) in [6.07, 6.45) is 6.60. The van der Waals surface area contributed by atoms with Crippen molar-refractivity contribution in [3.8, 4) is 0 Å². The van der Waals surface area contributed by atoms with Crippen LogP contribution in [0.3, 0.4) is 0 Å². The van der Waals surface area contributed by atoms with E-state index in [0.717, 1.165) is 31.2 Å². The summed E-state index contributed by atoms with van der Waals surface area (Å²) < 4.78 is 0. The molecule has 0 bridgehead atoms. The molecule has 2 aliphatic rings. The summed E-state index contributed by atoms with van der Waals surface area (Å²) in [6.45, 7) is 2.29. The van der Waals surface area contributed by atoms with Crippen molar-refractivity contribution >= 4 is 5.82 Å². The Morgan fingerprint density at radius 2 is 2.25 bits per heavy atom. The molecule has 4 heteroatoms. The third kappa shape index (κ3) is 2.50. The number of anilines is 1. The molecule has 16 heavy (non-hydrogen) atoms. The van der Waals surface area contributed by atoms with E-state index in [9.17, 15) is 0 Å². The van der Waals surface area contributed by atoms with Gasteiger partial charge in [0.15, 0.2) is 0 Å². The molecule has 1 aromatic heterocycles. The zero-order chi connectivity index (χ0) is 10.8. The minimum absolute atomic E-state index is 0.663. The van der Waals surface area contributed by atoms with Gasteiger partial charge in [-0.05, 0) is 44.7 Å². The fraction of sp³-hybridized carbons (Fsp3) is 0.667. The Kier molecular flexibility index (Phi) is 2.74. The standard InChI is InChI=1S/C12H18N4/c1-2-10(1)16-12-6-11(14-8-15-12)5-9-3-4-13-7-9/h6,8-10,13H,1-5,7H2,(H,14,15,16)/t9-/m1/s1. The van der Waals surface area contributed by atoms with Crippen LogP contribution in [-0.2, 0) is 6.42 Å². The van der Waals surface area contributed by atoms with Crippen molar-refractivity contribution in [3.63, 3.8) is 0 Å². The Morgan fingerprint density at radius 3 is 3.00 bits per heavy atom. The maximum absolute atomic E-state index is 4.35. The lowest BCUT2D eigenvalue weighted by Gasteiger charge is -2.09. The van der Waals surface area contributed by atoms with Gasteiger partial charge >= 0.3 is 0 Å². The van der Waals surface area contributed by atoms with Gasteiger partial charge < -0.3 is 10.6 Å². The van der Waals surface area contributed by atoms with E-state index in [-0.39, 0.29) is 0 Å². The summed E-state index contributed by atoms with van der Waals surface area (Å²) in [5.41, 5.74) is 1.17. The van der Waals surface area contributed by atoms with E-state index in [1.54, 1.807) is 6.33 Å². The van der Waals surface area contributed by atoms with E-state index in [1.807, 2.05) is 0 Å². The Bertz CT molecular complexity index is 356. The number of hydrogen-bond acceptors (Lipinski definition) is 4. The monoisotopic (exact) mass is 218 g/mol. The summed E-state index contributed by atoms with van der Waals surface area (Å²) in [5.74, 6) is 1.75. The molecule has 0 aromatic carbocycles. The highest BCUT2D eigenvalue weighted by molar-refractivity contribution is 5.37. The van der Waals surface area contributed by atoms with Crippen molar-refractivity contribution in [2.45, 2.75) is 31.7 Å². The lowest BCUT2D eigenvalue weighted by molar-refractivity contribution is 0.571. The number of nitrogens with zero attached hydrogens (tertiary/aromatic N) is 2. The van der Waals surface area contributed by atoms with E-state index in [0.29, 0.717) is 6.04 Å². The van der Waals surface area contributed by atoms with Crippen molar-refractivity contribution in [1.29, 1.82) is 0 Å². The molecule has 1 aromatic rings. The van der Waals surface area contributed by atoms with Gasteiger partial charge in [0.25, 0.3) is 0 Å². The molecule has 1 aliphatic heterocycles. The van der Waals surface area contributed by atoms with E-state index >= 15 is 0 Å². The molecular formula is C12H18N4. The van der Waals surface area contributed by atoms with Gasteiger partial charge in [-0.25, -0.2) is 9.97 Å². The molecule has 1 aliphatic carbocycles. The van der Waals surface area contributed by atoms with Gasteiger partial charge in [-0.2, -0.15) is 0 Å². The van der Waals surface area contributed by atoms with Crippen LogP contribution in [0.2, 0.25) is 0 Å². The molecule has 0 amide bonds. The van der Waals surface area contributed by atoms with Gasteiger partial charge in [0.1, 0.15) is 12.1 Å². The van der Waals surface area contributed by atoms with Crippen molar-refractivity contribution in [2.24, 2.45) is 5.92 Å². The quantitative estimate of drug-likeness (QED) is 0.797. The Labute approximate surface area is 95.9 Å². The molecule has 3 rings (SSSR count). The molecule has 1 atom stereocenters. The van der Waals surface area contributed by atoms with Crippen LogP contribution in [-0.4, -0.2) is 29.1 Å². The summed E-state index contributed by atoms with van der Waals surface area (Å²) >= 11 is 0. The van der Waals surface area contributed by atoms with Gasteiger partial charge in [0.05, 0.1) is 0 Å². The maximum Gasteiger partial charge on any atom is 0.129 e. The van der Waals surface area contributed by atoms with E-state index < -0.39 is 0 Å². The van der Waals surface area contributed by atoms with Gasteiger partial charge in [-0.15, -0.1) is 0 Å². The summed E-state index contributed by atoms with van der Waals surface area (Å²) in [5, 5.41) is 6.80. The number of nitrogens with one attached hydrogen (secondary N) is 2. The average Bonchev–Trinajstić information content (AvgIpc) is 2.94. The third-order valence-electron chi connectivity index (χ3n) is 3.31. The fourth-order valence-electron chi connectivity index (χ4n) is 2.21. The molecule has 4 nitrogen and oxygen atoms in total. The Morgan fingerprint density at radius 1 is 1.31 bits per heavy atom. The zero-order valence-corrected chi connectivity index (χ0v) is 9.45. The first kappa shape index (κ1) is 10.0. The van der Waals surface area contributed by atoms with Gasteiger partial charge in [-0.1, -0.05) is 0 Å². The number of rotatable bonds is 4. The highest BCUT2D eigenvalue weighted by atomic mass is 15.1. The Hall–Kier alpha value is -1.16. The first-order valence-corrected chi connectivity index (χ1v) is 6.18. The minimum atomic E-state index is 0.663. The summed E-state index contributed by atoms with van der Waals surface area (Å²) in [4.78, 5) is 8.61. The van der Waals surface area contributed by atoms with Crippen LogP contribution < -0.4 is 10.6 Å². The molecule has 0 radical (unpaired) electrons. The van der Waals surface area contributed by atoms with Crippen LogP contribution in [0.15, 0.2) is 12.4 Å². The first-order valence-electron chi connectivity index (χ1n) is 6.18. The second kappa shape index (κ2) is 4.37. The predicted octanol–water partition coefficient (Wildman–Crippen LogP) is 1.20. The largest absolute Gasteiger partial charge is 0.367 e. The highest BCUT2D eigenvalue weighted by Gasteiger charge is 2.21. The van der Waals surface area contributed by atoms with Crippen LogP contribution in [0.4, 0.5) is 5.82 Å². The lowest BCUT2D eigenvalue weighted by atomic mass is 10.0. The molecule has 86 valence electrons. The van der Waals surface area contributed by atoms with Gasteiger partial charge in [-0.3, -0.25) is 0 Å². The van der Waals surface area contributed by atoms with Crippen molar-refractivity contribution in [2.75, 3.05) is 18.4 Å². The number of aromatic nitrogens is 2. The topological polar surface area (TPSA) is 49.8 Å². The van der Waals surface area contributed by atoms with Gasteiger partial charge in [0.2, 0.25) is 0 Å². The molecule has 2 heterocycles. The molecule has 0 unspecified atom stereocenters. The maximum atomic E-state index is 4.35. The number of hydrogen-bond donors (Lipinski definition) is 2. The van der Waals surface area contributed by atoms with Crippen LogP contribution >= 0.6 is 0 Å². The van der Waals surface area contributed by atoms with E-state index in [2.05, 4.69) is 26.7 Å². The van der Waals surface area contributed by atoms with Crippen molar-refractivity contribution < 1.29 is 0 Å². The molecule has 0 spiro atoms. The molecule has 2 fully saturated rings. The second-order valence-electron chi connectivity index (χ2n) is 4.88. The van der Waals surface area contributed by atoms with Crippen molar-refractivity contribution in [3.05, 3.63) is 18.1 Å². The summed E-state index contributed by atoms with van der Waals surface area (Å²) in [7, 11) is 0. The smallest absolute Gasteiger partial charge is 0.129 e. The van der Waals surface area contributed by atoms with E-state index in [1.165, 1.54) is 25.0 Å². The van der Waals surface area contributed by atoms with E-state index in [4.69, 9.17) is 0 Å². The molecular weight excluding hydrogens is 200 g/mol. The van der Waals surface area contributed by atoms with Crippen LogP contribution in [0.5, 0.6) is 0 Å². The highest BCUT2D eigenvalue weighted by Crippen LogP contribution is 2.24. The van der Waals surface area contributed by atoms with Crippen LogP contribution in [0.25, 0.3) is 0 Å². The van der Waals surface area contributed by atoms with Crippen molar-refractivity contribution in [1.82, 2.24) is 15.3 Å². The zero-order valence-electron chi connectivity index (χ0n) is 9.45. The molecule has 2 N–H and O–H groups in total. The normalized spacial score (nSPS) is 24.6. The second-order valence-corrected chi connectivity index (χ2v) is 4.88. The van der Waals surface area contributed by atoms with Crippen LogP contribution in [0, 0.1) is 5.92 Å². The molecule has 1 saturated heterocycles. The SMILES string of the molecule is c1nc(C[C@H]2CCNC2)cc(NC2CC2)n1. The average molecular weight is 218 g/mol. The Balaban J connectivity index is 1.63. The lowest BCUT2D eigenvalue weighted by Crippen LogP contribution is -2.12. The predicted molar refractivity (Wildman–Crippen MR) is 63.4 cm³/mol. The summed E-state index contributed by atoms with van der Waals surface area (Å²) in [6, 6.07) is 2.77. The third-order valence-corrected chi connectivity index (χ3v) is 3.31.